The summed E-state index contributed by atoms with van der Waals surface area (Å²) in [6.07, 6.45) is 5.35. The monoisotopic (exact) mass is 520 g/mol. The Morgan fingerprint density at radius 1 is 1.29 bits per heavy atom. The van der Waals surface area contributed by atoms with Crippen molar-refractivity contribution >= 4 is 30.0 Å². The van der Waals surface area contributed by atoms with E-state index in [1.54, 1.807) is 18.1 Å². The van der Waals surface area contributed by atoms with E-state index in [9.17, 15) is 19.6 Å². The molecule has 1 N–H and O–H groups in total. The van der Waals surface area contributed by atoms with Gasteiger partial charge in [0.2, 0.25) is 0 Å². The van der Waals surface area contributed by atoms with E-state index >= 15 is 0 Å². The van der Waals surface area contributed by atoms with Crippen molar-refractivity contribution in [3.63, 3.8) is 0 Å². The molecule has 200 valence electrons. The molecule has 0 bridgehead atoms. The van der Waals surface area contributed by atoms with E-state index in [-0.39, 0.29) is 18.2 Å². The second-order valence-corrected chi connectivity index (χ2v) is 9.66. The van der Waals surface area contributed by atoms with Crippen LogP contribution >= 0.6 is 0 Å². The molecule has 2 aromatic heterocycles. The molecule has 1 fully saturated rings. The van der Waals surface area contributed by atoms with Crippen LogP contribution in [-0.4, -0.2) is 66.7 Å². The van der Waals surface area contributed by atoms with Gasteiger partial charge >= 0.3 is 12.1 Å². The van der Waals surface area contributed by atoms with E-state index in [2.05, 4.69) is 21.4 Å². The maximum Gasteiger partial charge on any atom is 0.410 e. The first-order valence-electron chi connectivity index (χ1n) is 12.8. The van der Waals surface area contributed by atoms with Crippen LogP contribution in [0.5, 0.6) is 0 Å². The lowest BCUT2D eigenvalue weighted by Crippen LogP contribution is -2.40. The smallest absolute Gasteiger partial charge is 0.410 e. The van der Waals surface area contributed by atoms with Crippen LogP contribution in [-0.2, 0) is 28.9 Å². The largest absolute Gasteiger partial charge is 0.449 e. The first kappa shape index (κ1) is 27.0. The van der Waals surface area contributed by atoms with Gasteiger partial charge in [-0.25, -0.2) is 19.6 Å². The number of aromatic nitrogens is 2. The van der Waals surface area contributed by atoms with Crippen molar-refractivity contribution in [1.29, 1.82) is 5.26 Å². The Kier molecular flexibility index (Phi) is 8.86. The minimum Gasteiger partial charge on any atom is -0.449 e. The lowest BCUT2D eigenvalue weighted by Gasteiger charge is -2.29. The zero-order valence-corrected chi connectivity index (χ0v) is 21.7. The SMILES string of the molecule is COC[C@@H](C)Cc1cc(NC(=O)N2CCCc3cc(CN4CCCCOC4=O)c(C=O)nc32)ncc1C#N. The number of methoxy groups -OCH3 is 1. The van der Waals surface area contributed by atoms with Gasteiger partial charge in [0.25, 0.3) is 0 Å². The summed E-state index contributed by atoms with van der Waals surface area (Å²) in [5, 5.41) is 12.3. The minimum absolute atomic E-state index is 0.184. The molecule has 11 nitrogen and oxygen atoms in total. The highest BCUT2D eigenvalue weighted by Crippen LogP contribution is 2.29. The quantitative estimate of drug-likeness (QED) is 0.520. The van der Waals surface area contributed by atoms with Crippen LogP contribution in [0.4, 0.5) is 21.2 Å². The molecule has 0 saturated carbocycles. The number of cyclic esters (lactones) is 1. The fourth-order valence-corrected chi connectivity index (χ4v) is 4.81. The number of ether oxygens (including phenoxy) is 2. The molecule has 2 aliphatic heterocycles. The number of carbonyl (C=O) groups excluding carboxylic acids is 3. The number of hydrogen-bond donors (Lipinski definition) is 1. The van der Waals surface area contributed by atoms with Gasteiger partial charge in [-0.15, -0.1) is 0 Å². The van der Waals surface area contributed by atoms with E-state index in [1.807, 2.05) is 13.0 Å². The molecule has 3 amide bonds. The summed E-state index contributed by atoms with van der Waals surface area (Å²) in [6.45, 7) is 4.16. The highest BCUT2D eigenvalue weighted by atomic mass is 16.6. The standard InChI is InChI=1S/C27H32N6O5/c1-18(17-37-2)10-20-12-24(29-14-22(20)13-28)31-26(35)33-8-5-6-19-11-21(23(16-34)30-25(19)33)15-32-7-3-4-9-38-27(32)36/h11-12,14,16,18H,3-10,15,17H2,1-2H3,(H,29,31,35)/t18-/m0/s1. The maximum absolute atomic E-state index is 13.3. The second kappa shape index (κ2) is 12.5. The van der Waals surface area contributed by atoms with Crippen molar-refractivity contribution in [3.05, 3.63) is 46.3 Å². The molecule has 2 aliphatic rings. The highest BCUT2D eigenvalue weighted by molar-refractivity contribution is 6.01. The summed E-state index contributed by atoms with van der Waals surface area (Å²) >= 11 is 0. The highest BCUT2D eigenvalue weighted by Gasteiger charge is 2.28. The third-order valence-corrected chi connectivity index (χ3v) is 6.66. The molecular weight excluding hydrogens is 488 g/mol. The van der Waals surface area contributed by atoms with Crippen LogP contribution in [0, 0.1) is 17.2 Å². The van der Waals surface area contributed by atoms with Gasteiger partial charge in [-0.1, -0.05) is 6.92 Å². The number of nitriles is 1. The molecule has 0 unspecified atom stereocenters. The fourth-order valence-electron chi connectivity index (χ4n) is 4.81. The summed E-state index contributed by atoms with van der Waals surface area (Å²) in [6, 6.07) is 5.30. The molecule has 38 heavy (non-hydrogen) atoms. The van der Waals surface area contributed by atoms with Gasteiger partial charge in [-0.05, 0) is 61.3 Å². The topological polar surface area (TPSA) is 138 Å². The summed E-state index contributed by atoms with van der Waals surface area (Å²) < 4.78 is 10.4. The Morgan fingerprint density at radius 2 is 2.13 bits per heavy atom. The Labute approximate surface area is 221 Å². The summed E-state index contributed by atoms with van der Waals surface area (Å²) in [5.74, 6) is 0.927. The van der Waals surface area contributed by atoms with Gasteiger partial charge in [0.1, 0.15) is 23.4 Å². The molecule has 0 spiro atoms. The Balaban J connectivity index is 1.55. The van der Waals surface area contributed by atoms with E-state index in [0.29, 0.717) is 74.6 Å². The van der Waals surface area contributed by atoms with Gasteiger partial charge in [-0.3, -0.25) is 15.0 Å². The van der Waals surface area contributed by atoms with Gasteiger partial charge < -0.3 is 14.4 Å². The van der Waals surface area contributed by atoms with Crippen molar-refractivity contribution < 1.29 is 23.9 Å². The van der Waals surface area contributed by atoms with Crippen LogP contribution in [0.25, 0.3) is 0 Å². The predicted molar refractivity (Wildman–Crippen MR) is 139 cm³/mol. The van der Waals surface area contributed by atoms with Crippen LogP contribution in [0.3, 0.4) is 0 Å². The minimum atomic E-state index is -0.424. The number of anilines is 2. The lowest BCUT2D eigenvalue weighted by molar-refractivity contribution is 0.109. The summed E-state index contributed by atoms with van der Waals surface area (Å²) in [7, 11) is 1.63. The maximum atomic E-state index is 13.3. The van der Waals surface area contributed by atoms with E-state index < -0.39 is 12.1 Å². The van der Waals surface area contributed by atoms with E-state index in [1.165, 1.54) is 11.1 Å². The fraction of sp³-hybridized carbons (Fsp3) is 0.481. The molecule has 2 aromatic rings. The van der Waals surface area contributed by atoms with Crippen molar-refractivity contribution in [1.82, 2.24) is 14.9 Å². The molecule has 1 saturated heterocycles. The molecule has 0 radical (unpaired) electrons. The van der Waals surface area contributed by atoms with Crippen molar-refractivity contribution in [2.75, 3.05) is 43.6 Å². The number of carbonyl (C=O) groups is 3. The molecule has 4 rings (SSSR count). The number of hydrogen-bond acceptors (Lipinski definition) is 8. The average molecular weight is 521 g/mol. The van der Waals surface area contributed by atoms with Gasteiger partial charge in [0.05, 0.1) is 18.7 Å². The van der Waals surface area contributed by atoms with Crippen LogP contribution in [0.1, 0.15) is 58.9 Å². The predicted octanol–water partition coefficient (Wildman–Crippen LogP) is 3.70. The van der Waals surface area contributed by atoms with Crippen molar-refractivity contribution in [2.45, 2.75) is 45.6 Å². The first-order valence-corrected chi connectivity index (χ1v) is 12.8. The van der Waals surface area contributed by atoms with E-state index in [4.69, 9.17) is 9.47 Å². The van der Waals surface area contributed by atoms with Crippen molar-refractivity contribution in [2.24, 2.45) is 5.92 Å². The molecular formula is C27H32N6O5. The lowest BCUT2D eigenvalue weighted by atomic mass is 9.99. The number of rotatable bonds is 8. The molecule has 11 heteroatoms. The second-order valence-electron chi connectivity index (χ2n) is 9.66. The van der Waals surface area contributed by atoms with Crippen LogP contribution in [0.15, 0.2) is 18.3 Å². The average Bonchev–Trinajstić information content (AvgIpc) is 3.11. The number of aldehydes is 1. The van der Waals surface area contributed by atoms with Gasteiger partial charge in [0, 0.05) is 38.6 Å². The first-order chi connectivity index (χ1) is 18.4. The number of pyridine rings is 2. The van der Waals surface area contributed by atoms with E-state index in [0.717, 1.165) is 24.0 Å². The Morgan fingerprint density at radius 3 is 2.89 bits per heavy atom. The third-order valence-electron chi connectivity index (χ3n) is 6.66. The number of nitrogens with one attached hydrogen (secondary N) is 1. The number of nitrogens with zero attached hydrogens (tertiary/aromatic N) is 5. The molecule has 0 aliphatic carbocycles. The molecule has 4 heterocycles. The zero-order valence-electron chi connectivity index (χ0n) is 21.7. The number of amides is 3. The summed E-state index contributed by atoms with van der Waals surface area (Å²) in [5.41, 5.74) is 2.87. The number of fused-ring (bicyclic) bond motifs is 1. The number of aryl methyl sites for hydroxylation is 1. The third kappa shape index (κ3) is 6.26. The van der Waals surface area contributed by atoms with Gasteiger partial charge in [0.15, 0.2) is 6.29 Å². The normalized spacial score (nSPS) is 16.1. The Bertz CT molecular complexity index is 1240. The Hall–Kier alpha value is -4.04. The molecule has 0 aromatic carbocycles. The number of urea groups is 1. The van der Waals surface area contributed by atoms with Crippen LogP contribution in [0.2, 0.25) is 0 Å². The van der Waals surface area contributed by atoms with Gasteiger partial charge in [-0.2, -0.15) is 5.26 Å². The van der Waals surface area contributed by atoms with Crippen LogP contribution < -0.4 is 10.2 Å². The van der Waals surface area contributed by atoms with Crippen molar-refractivity contribution in [3.8, 4) is 6.07 Å². The zero-order chi connectivity index (χ0) is 27.1. The molecule has 1 atom stereocenters. The summed E-state index contributed by atoms with van der Waals surface area (Å²) in [4.78, 5) is 49.4.